The fourth-order valence-electron chi connectivity index (χ4n) is 1.26. The van der Waals surface area contributed by atoms with Gasteiger partial charge in [0.05, 0.1) is 22.7 Å². The first-order valence-electron chi connectivity index (χ1n) is 5.35. The Bertz CT molecular complexity index is 501. The van der Waals surface area contributed by atoms with Crippen molar-refractivity contribution in [2.24, 2.45) is 0 Å². The van der Waals surface area contributed by atoms with Crippen molar-refractivity contribution >= 4 is 36.5 Å². The summed E-state index contributed by atoms with van der Waals surface area (Å²) in [7, 11) is -3.39. The van der Waals surface area contributed by atoms with Crippen molar-refractivity contribution in [2.75, 3.05) is 18.6 Å². The molecule has 1 aromatic carbocycles. The number of hydrogen-bond donors (Lipinski definition) is 0. The number of hydrogen-bond acceptors (Lipinski definition) is 5. The van der Waals surface area contributed by atoms with Gasteiger partial charge in [0.15, 0.2) is 0 Å². The molecule has 9 heteroatoms. The van der Waals surface area contributed by atoms with E-state index < -0.39 is 12.5 Å². The number of rotatable bonds is 7. The van der Waals surface area contributed by atoms with Gasteiger partial charge in [-0.25, -0.2) is 4.57 Å². The van der Waals surface area contributed by atoms with Gasteiger partial charge in [-0.2, -0.15) is 0 Å². The second-order valence-corrected chi connectivity index (χ2v) is 6.30. The van der Waals surface area contributed by atoms with Gasteiger partial charge in [0.2, 0.25) is 0 Å². The van der Waals surface area contributed by atoms with E-state index in [1.54, 1.807) is 6.92 Å². The average Bonchev–Trinajstić information content (AvgIpc) is 2.32. The molecule has 106 valence electrons. The zero-order valence-electron chi connectivity index (χ0n) is 10.0. The highest BCUT2D eigenvalue weighted by Crippen LogP contribution is 2.49. The van der Waals surface area contributed by atoms with E-state index in [1.807, 2.05) is 0 Å². The molecule has 0 amide bonds. The third-order valence-corrected chi connectivity index (χ3v) is 4.69. The number of non-ortho nitro benzene ring substituents is 1. The molecule has 0 N–H and O–H groups in total. The Morgan fingerprint density at radius 2 is 2.16 bits per heavy atom. The smallest absolute Gasteiger partial charge is 0.380 e. The number of alkyl halides is 1. The molecule has 0 aliphatic rings. The zero-order valence-corrected chi connectivity index (χ0v) is 12.5. The van der Waals surface area contributed by atoms with Crippen molar-refractivity contribution in [2.45, 2.75) is 6.92 Å². The zero-order chi connectivity index (χ0) is 14.5. The van der Waals surface area contributed by atoms with Gasteiger partial charge in [-0.15, -0.1) is 11.6 Å². The summed E-state index contributed by atoms with van der Waals surface area (Å²) in [6.45, 7) is 1.86. The normalized spacial score (nSPS) is 13.8. The summed E-state index contributed by atoms with van der Waals surface area (Å²) in [5.74, 6) is 0.163. The second kappa shape index (κ2) is 7.10. The lowest BCUT2D eigenvalue weighted by molar-refractivity contribution is -0.384. The Morgan fingerprint density at radius 3 is 2.63 bits per heavy atom. The fraction of sp³-hybridized carbons (Fsp3) is 0.400. The summed E-state index contributed by atoms with van der Waals surface area (Å²) < 4.78 is 22.5. The molecule has 1 rings (SSSR count). The summed E-state index contributed by atoms with van der Waals surface area (Å²) in [6, 6.07) is 3.60. The van der Waals surface area contributed by atoms with Crippen molar-refractivity contribution in [1.29, 1.82) is 0 Å². The predicted molar refractivity (Wildman–Crippen MR) is 73.6 cm³/mol. The van der Waals surface area contributed by atoms with E-state index in [-0.39, 0.29) is 35.1 Å². The maximum atomic E-state index is 12.2. The highest BCUT2D eigenvalue weighted by molar-refractivity contribution is 7.54. The van der Waals surface area contributed by atoms with Crippen molar-refractivity contribution in [3.8, 4) is 5.75 Å². The molecular weight excluding hydrogens is 316 g/mol. The third kappa shape index (κ3) is 4.66. The maximum absolute atomic E-state index is 12.2. The number of nitro benzene ring substituents is 1. The summed E-state index contributed by atoms with van der Waals surface area (Å²) in [4.78, 5) is 9.98. The highest BCUT2D eigenvalue weighted by Gasteiger charge is 2.26. The molecular formula is C10H12Cl2NO5P. The van der Waals surface area contributed by atoms with E-state index in [0.29, 0.717) is 0 Å². The van der Waals surface area contributed by atoms with Crippen LogP contribution in [0.25, 0.3) is 0 Å². The van der Waals surface area contributed by atoms with Crippen molar-refractivity contribution < 1.29 is 18.5 Å². The minimum Gasteiger partial charge on any atom is -0.423 e. The average molecular weight is 328 g/mol. The first-order chi connectivity index (χ1) is 8.91. The standard InChI is InChI=1S/C10H12Cl2NO5P/c1-2-17-19(16,6-5-11)18-10-4-3-8(13(14)15)7-9(10)12/h3-4,7H,2,5-6H2,1H3. The van der Waals surface area contributed by atoms with Gasteiger partial charge in [0.1, 0.15) is 5.75 Å². The summed E-state index contributed by atoms with van der Waals surface area (Å²) in [5, 5.41) is 10.6. The molecule has 1 atom stereocenters. The van der Waals surface area contributed by atoms with E-state index in [9.17, 15) is 14.7 Å². The van der Waals surface area contributed by atoms with E-state index in [1.165, 1.54) is 12.1 Å². The summed E-state index contributed by atoms with van der Waals surface area (Å²) in [5.41, 5.74) is -0.180. The first-order valence-corrected chi connectivity index (χ1v) is 7.99. The quantitative estimate of drug-likeness (QED) is 0.326. The van der Waals surface area contributed by atoms with Crippen molar-refractivity contribution in [3.63, 3.8) is 0 Å². The number of nitrogens with zero attached hydrogens (tertiary/aromatic N) is 1. The van der Waals surface area contributed by atoms with Gasteiger partial charge >= 0.3 is 7.60 Å². The van der Waals surface area contributed by atoms with Crippen molar-refractivity contribution in [3.05, 3.63) is 33.3 Å². The molecule has 0 fully saturated rings. The van der Waals surface area contributed by atoms with Crippen LogP contribution in [0.2, 0.25) is 5.02 Å². The van der Waals surface area contributed by atoms with Gasteiger partial charge in [0.25, 0.3) is 5.69 Å². The van der Waals surface area contributed by atoms with Crippen LogP contribution in [0.5, 0.6) is 5.75 Å². The van der Waals surface area contributed by atoms with E-state index >= 15 is 0 Å². The Labute approximate surface area is 120 Å². The van der Waals surface area contributed by atoms with Crippen LogP contribution >= 0.6 is 30.8 Å². The Balaban J connectivity index is 2.97. The van der Waals surface area contributed by atoms with Crippen LogP contribution in [0.3, 0.4) is 0 Å². The van der Waals surface area contributed by atoms with Gasteiger partial charge in [-0.05, 0) is 13.0 Å². The van der Waals surface area contributed by atoms with Crippen LogP contribution in [-0.2, 0) is 9.09 Å². The van der Waals surface area contributed by atoms with Crippen LogP contribution in [0.15, 0.2) is 18.2 Å². The Morgan fingerprint density at radius 1 is 1.47 bits per heavy atom. The predicted octanol–water partition coefficient (Wildman–Crippen LogP) is 4.10. The maximum Gasteiger partial charge on any atom is 0.380 e. The lowest BCUT2D eigenvalue weighted by Gasteiger charge is -2.18. The van der Waals surface area contributed by atoms with Crippen LogP contribution in [0, 0.1) is 10.1 Å². The Kier molecular flexibility index (Phi) is 6.07. The third-order valence-electron chi connectivity index (χ3n) is 2.05. The van der Waals surface area contributed by atoms with Gasteiger partial charge < -0.3 is 9.05 Å². The molecule has 0 saturated carbocycles. The molecule has 0 radical (unpaired) electrons. The van der Waals surface area contributed by atoms with Crippen LogP contribution in [0.4, 0.5) is 5.69 Å². The largest absolute Gasteiger partial charge is 0.423 e. The topological polar surface area (TPSA) is 78.7 Å². The molecule has 6 nitrogen and oxygen atoms in total. The molecule has 0 heterocycles. The first kappa shape index (κ1) is 16.2. The SMILES string of the molecule is CCOP(=O)(CCCl)Oc1ccc([N+](=O)[O-])cc1Cl. The second-order valence-electron chi connectivity index (χ2n) is 3.40. The summed E-state index contributed by atoms with van der Waals surface area (Å²) >= 11 is 11.4. The minimum atomic E-state index is -3.39. The lowest BCUT2D eigenvalue weighted by atomic mass is 10.3. The van der Waals surface area contributed by atoms with Crippen LogP contribution in [0.1, 0.15) is 6.92 Å². The van der Waals surface area contributed by atoms with E-state index in [2.05, 4.69) is 0 Å². The minimum absolute atomic E-state index is 0.0105. The van der Waals surface area contributed by atoms with Gasteiger partial charge in [-0.3, -0.25) is 10.1 Å². The fourth-order valence-corrected chi connectivity index (χ4v) is 3.48. The van der Waals surface area contributed by atoms with Crippen LogP contribution in [-0.4, -0.2) is 23.6 Å². The molecule has 0 saturated heterocycles. The molecule has 1 aromatic rings. The lowest BCUT2D eigenvalue weighted by Crippen LogP contribution is -2.04. The van der Waals surface area contributed by atoms with Gasteiger partial charge in [0, 0.05) is 18.0 Å². The highest BCUT2D eigenvalue weighted by atomic mass is 35.5. The molecule has 19 heavy (non-hydrogen) atoms. The number of benzene rings is 1. The Hall–Kier alpha value is -0.810. The van der Waals surface area contributed by atoms with E-state index in [4.69, 9.17) is 32.2 Å². The number of halogens is 2. The van der Waals surface area contributed by atoms with Gasteiger partial charge in [-0.1, -0.05) is 11.6 Å². The van der Waals surface area contributed by atoms with Crippen LogP contribution < -0.4 is 4.52 Å². The van der Waals surface area contributed by atoms with E-state index in [0.717, 1.165) is 6.07 Å². The monoisotopic (exact) mass is 327 g/mol. The molecule has 1 unspecified atom stereocenters. The molecule has 0 bridgehead atoms. The molecule has 0 aliphatic carbocycles. The molecule has 0 aromatic heterocycles. The van der Waals surface area contributed by atoms with Crippen molar-refractivity contribution in [1.82, 2.24) is 0 Å². The molecule has 0 aliphatic heterocycles. The number of nitro groups is 1. The summed E-state index contributed by atoms with van der Waals surface area (Å²) in [6.07, 6.45) is 0.0235. The molecule has 0 spiro atoms.